The maximum atomic E-state index is 5.04. The van der Waals surface area contributed by atoms with Crippen molar-refractivity contribution >= 4 is 82.1 Å². The number of para-hydroxylation sites is 1. The van der Waals surface area contributed by atoms with Crippen molar-refractivity contribution in [3.63, 3.8) is 0 Å². The van der Waals surface area contributed by atoms with Crippen molar-refractivity contribution in [3.8, 4) is 16.8 Å². The van der Waals surface area contributed by atoms with E-state index in [-0.39, 0.29) is 0 Å². The fourth-order valence-corrected chi connectivity index (χ4v) is 8.35. The molecule has 0 bridgehead atoms. The van der Waals surface area contributed by atoms with Gasteiger partial charge in [-0.1, -0.05) is 109 Å². The number of hydrogen-bond donors (Lipinski definition) is 0. The van der Waals surface area contributed by atoms with Crippen molar-refractivity contribution in [1.29, 1.82) is 0 Å². The Bertz CT molecular complexity index is 3010. The third-order valence-electron chi connectivity index (χ3n) is 10.5. The van der Waals surface area contributed by atoms with Gasteiger partial charge in [-0.25, -0.2) is 0 Å². The fraction of sp³-hybridized carbons (Fsp3) is 0. The number of anilines is 3. The first kappa shape index (κ1) is 27.3. The second-order valence-electron chi connectivity index (χ2n) is 13.2. The molecular weight excluding hydrogens is 607 g/mol. The molecule has 2 heterocycles. The van der Waals surface area contributed by atoms with Crippen LogP contribution >= 0.6 is 0 Å². The van der Waals surface area contributed by atoms with E-state index in [1.807, 2.05) is 12.3 Å². The Morgan fingerprint density at radius 2 is 1.10 bits per heavy atom. The molecule has 0 amide bonds. The summed E-state index contributed by atoms with van der Waals surface area (Å²) in [4.78, 5) is 7.38. The highest BCUT2D eigenvalue weighted by Crippen LogP contribution is 2.49. The van der Waals surface area contributed by atoms with Gasteiger partial charge < -0.3 is 9.47 Å². The van der Waals surface area contributed by atoms with Crippen molar-refractivity contribution in [1.82, 2.24) is 9.55 Å². The second-order valence-corrected chi connectivity index (χ2v) is 13.2. The SMILES string of the molecule is c1ccc(-c2ccc(N(c3ccccc3)c3cccc(-n4c5ccc6ccc7cccc8c9cc%10cccnc%10c4c9c5c6c78)c3)cc2)cc1. The second kappa shape index (κ2) is 10.4. The molecule has 2 aromatic heterocycles. The first-order valence-electron chi connectivity index (χ1n) is 17.1. The predicted octanol–water partition coefficient (Wildman–Crippen LogP) is 12.8. The number of nitrogens with zero attached hydrogens (tertiary/aromatic N) is 3. The molecule has 9 aromatic carbocycles. The van der Waals surface area contributed by atoms with Crippen LogP contribution in [0.3, 0.4) is 0 Å². The molecule has 11 rings (SSSR count). The van der Waals surface area contributed by atoms with Gasteiger partial charge in [-0.3, -0.25) is 4.98 Å². The van der Waals surface area contributed by atoms with E-state index in [0.717, 1.165) is 39.2 Å². The van der Waals surface area contributed by atoms with Crippen LogP contribution in [0.2, 0.25) is 0 Å². The van der Waals surface area contributed by atoms with Crippen LogP contribution in [0.25, 0.3) is 81.8 Å². The standard InChI is InChI=1S/C47H29N3/c1-3-10-30(11-4-1)31-21-24-36(25-22-31)49(35-14-5-2-6-15-35)37-16-8-17-38(29-37)50-41-26-23-33-20-19-32-12-7-18-39-40-28-34-13-9-27-48-46(34)47(50)44(40)45(41)43(33)42(32)39/h1-29H. The molecule has 50 heavy (non-hydrogen) atoms. The molecule has 3 nitrogen and oxygen atoms in total. The van der Waals surface area contributed by atoms with E-state index in [1.54, 1.807) is 0 Å². The number of rotatable bonds is 5. The van der Waals surface area contributed by atoms with Crippen LogP contribution in [0.1, 0.15) is 0 Å². The number of pyridine rings is 1. The van der Waals surface area contributed by atoms with E-state index < -0.39 is 0 Å². The van der Waals surface area contributed by atoms with Crippen LogP contribution in [0.5, 0.6) is 0 Å². The summed E-state index contributed by atoms with van der Waals surface area (Å²) in [5, 5.41) is 11.5. The van der Waals surface area contributed by atoms with Crippen molar-refractivity contribution in [3.05, 3.63) is 176 Å². The van der Waals surface area contributed by atoms with Gasteiger partial charge in [-0.05, 0) is 98.7 Å². The molecule has 0 aliphatic carbocycles. The summed E-state index contributed by atoms with van der Waals surface area (Å²) in [5.74, 6) is 0. The highest BCUT2D eigenvalue weighted by Gasteiger charge is 2.25. The molecular formula is C47H29N3. The van der Waals surface area contributed by atoms with Crippen LogP contribution in [-0.2, 0) is 0 Å². The third-order valence-corrected chi connectivity index (χ3v) is 10.5. The molecule has 11 aromatic rings. The molecule has 0 unspecified atom stereocenters. The van der Waals surface area contributed by atoms with Gasteiger partial charge in [0.1, 0.15) is 0 Å². The Balaban J connectivity index is 1.20. The fourth-order valence-electron chi connectivity index (χ4n) is 8.35. The Hall–Kier alpha value is -6.71. The van der Waals surface area contributed by atoms with E-state index >= 15 is 0 Å². The Kier molecular flexibility index (Phi) is 5.67. The van der Waals surface area contributed by atoms with Gasteiger partial charge in [-0.15, -0.1) is 0 Å². The monoisotopic (exact) mass is 635 g/mol. The lowest BCUT2D eigenvalue weighted by Gasteiger charge is -2.26. The van der Waals surface area contributed by atoms with Gasteiger partial charge in [0, 0.05) is 50.5 Å². The Morgan fingerprint density at radius 1 is 0.420 bits per heavy atom. The first-order chi connectivity index (χ1) is 24.8. The van der Waals surface area contributed by atoms with E-state index in [4.69, 9.17) is 4.98 Å². The number of hydrogen-bond acceptors (Lipinski definition) is 2. The van der Waals surface area contributed by atoms with Gasteiger partial charge in [0.2, 0.25) is 0 Å². The zero-order chi connectivity index (χ0) is 32.8. The maximum absolute atomic E-state index is 5.04. The van der Waals surface area contributed by atoms with E-state index in [2.05, 4.69) is 173 Å². The van der Waals surface area contributed by atoms with Crippen LogP contribution < -0.4 is 4.90 Å². The van der Waals surface area contributed by atoms with Crippen molar-refractivity contribution in [2.75, 3.05) is 4.90 Å². The maximum Gasteiger partial charge on any atom is 0.0949 e. The average Bonchev–Trinajstić information content (AvgIpc) is 3.54. The van der Waals surface area contributed by atoms with E-state index in [1.165, 1.54) is 59.7 Å². The zero-order valence-corrected chi connectivity index (χ0v) is 27.1. The number of benzene rings is 9. The molecule has 0 saturated heterocycles. The summed E-state index contributed by atoms with van der Waals surface area (Å²) in [6.45, 7) is 0. The molecule has 0 aliphatic rings. The van der Waals surface area contributed by atoms with E-state index in [9.17, 15) is 0 Å². The van der Waals surface area contributed by atoms with Crippen molar-refractivity contribution in [2.45, 2.75) is 0 Å². The van der Waals surface area contributed by atoms with Gasteiger partial charge in [0.15, 0.2) is 0 Å². The molecule has 3 heteroatoms. The first-order valence-corrected chi connectivity index (χ1v) is 17.1. The van der Waals surface area contributed by atoms with Crippen LogP contribution in [-0.4, -0.2) is 9.55 Å². The zero-order valence-electron chi connectivity index (χ0n) is 27.1. The largest absolute Gasteiger partial charge is 0.310 e. The highest BCUT2D eigenvalue weighted by molar-refractivity contribution is 6.42. The summed E-state index contributed by atoms with van der Waals surface area (Å²) in [5.41, 5.74) is 10.2. The molecule has 0 radical (unpaired) electrons. The van der Waals surface area contributed by atoms with Crippen molar-refractivity contribution < 1.29 is 0 Å². The normalized spacial score (nSPS) is 12.0. The molecule has 0 spiro atoms. The molecule has 0 saturated carbocycles. The Morgan fingerprint density at radius 3 is 1.94 bits per heavy atom. The van der Waals surface area contributed by atoms with Crippen LogP contribution in [0.15, 0.2) is 176 Å². The summed E-state index contributed by atoms with van der Waals surface area (Å²) < 4.78 is 2.46. The van der Waals surface area contributed by atoms with Gasteiger partial charge >= 0.3 is 0 Å². The van der Waals surface area contributed by atoms with Crippen molar-refractivity contribution in [2.24, 2.45) is 0 Å². The number of fused-ring (bicyclic) bond motifs is 3. The smallest absolute Gasteiger partial charge is 0.0949 e. The minimum Gasteiger partial charge on any atom is -0.310 e. The highest BCUT2D eigenvalue weighted by atomic mass is 15.1. The predicted molar refractivity (Wildman–Crippen MR) is 211 cm³/mol. The molecule has 0 fully saturated rings. The summed E-state index contributed by atoms with van der Waals surface area (Å²) >= 11 is 0. The van der Waals surface area contributed by atoms with Crippen LogP contribution in [0, 0.1) is 0 Å². The van der Waals surface area contributed by atoms with Gasteiger partial charge in [0.25, 0.3) is 0 Å². The minimum atomic E-state index is 1.02. The topological polar surface area (TPSA) is 21.1 Å². The average molecular weight is 636 g/mol. The summed E-state index contributed by atoms with van der Waals surface area (Å²) in [6, 6.07) is 61.5. The lowest BCUT2D eigenvalue weighted by molar-refractivity contribution is 1.17. The lowest BCUT2D eigenvalue weighted by atomic mass is 9.89. The van der Waals surface area contributed by atoms with E-state index in [0.29, 0.717) is 0 Å². The summed E-state index contributed by atoms with van der Waals surface area (Å²) in [7, 11) is 0. The minimum absolute atomic E-state index is 1.02. The summed E-state index contributed by atoms with van der Waals surface area (Å²) in [6.07, 6.45) is 1.92. The van der Waals surface area contributed by atoms with Gasteiger partial charge in [0.05, 0.1) is 16.6 Å². The lowest BCUT2D eigenvalue weighted by Crippen LogP contribution is -2.10. The number of aromatic nitrogens is 2. The van der Waals surface area contributed by atoms with Crippen LogP contribution in [0.4, 0.5) is 17.1 Å². The molecule has 0 atom stereocenters. The molecule has 0 N–H and O–H groups in total. The third kappa shape index (κ3) is 3.83. The molecule has 232 valence electrons. The molecule has 0 aliphatic heterocycles. The quantitative estimate of drug-likeness (QED) is 0.139. The Labute approximate surface area is 288 Å². The van der Waals surface area contributed by atoms with Gasteiger partial charge in [-0.2, -0.15) is 0 Å².